The van der Waals surface area contributed by atoms with Crippen molar-refractivity contribution in [2.45, 2.75) is 6.04 Å². The fraction of sp³-hybridized carbons (Fsp3) is 0.0909. The number of carbonyl (C=O) groups is 2. The van der Waals surface area contributed by atoms with Crippen LogP contribution in [0.5, 0.6) is 0 Å². The summed E-state index contributed by atoms with van der Waals surface area (Å²) in [5.74, 6) is -1.91. The number of carbonyl (C=O) groups excluding carboxylic acids is 2. The number of anilines is 1. The zero-order valence-electron chi connectivity index (χ0n) is 15.0. The van der Waals surface area contributed by atoms with E-state index in [9.17, 15) is 18.4 Å². The molecule has 0 saturated carbocycles. The van der Waals surface area contributed by atoms with Gasteiger partial charge in [-0.3, -0.25) is 9.59 Å². The number of fused-ring (bicyclic) bond motifs is 1. The molecule has 2 amide bonds. The van der Waals surface area contributed by atoms with Gasteiger partial charge in [0, 0.05) is 21.8 Å². The molecule has 1 N–H and O–H groups in total. The molecule has 0 fully saturated rings. The second kappa shape index (κ2) is 7.64. The number of nitrogens with zero attached hydrogens (tertiary/aromatic N) is 1. The Hall–Kier alpha value is -3.25. The lowest BCUT2D eigenvalue weighted by Crippen LogP contribution is -2.39. The van der Waals surface area contributed by atoms with Crippen molar-refractivity contribution < 1.29 is 18.4 Å². The van der Waals surface area contributed by atoms with Crippen LogP contribution in [0.25, 0.3) is 0 Å². The lowest BCUT2D eigenvalue weighted by Gasteiger charge is -2.30. The summed E-state index contributed by atoms with van der Waals surface area (Å²) in [6, 6.07) is 15.1. The van der Waals surface area contributed by atoms with Crippen molar-refractivity contribution in [2.75, 3.05) is 11.9 Å². The Morgan fingerprint density at radius 1 is 1.00 bits per heavy atom. The summed E-state index contributed by atoms with van der Waals surface area (Å²) >= 11 is 6.18. The van der Waals surface area contributed by atoms with Gasteiger partial charge < -0.3 is 10.2 Å². The number of halogens is 3. The summed E-state index contributed by atoms with van der Waals surface area (Å²) in [4.78, 5) is 27.1. The van der Waals surface area contributed by atoms with Crippen LogP contribution >= 0.6 is 11.6 Å². The molecule has 0 aliphatic carbocycles. The Kier molecular flexibility index (Phi) is 5.03. The van der Waals surface area contributed by atoms with Crippen molar-refractivity contribution in [3.8, 4) is 0 Å². The van der Waals surface area contributed by atoms with Crippen LogP contribution in [0.3, 0.4) is 0 Å². The third kappa shape index (κ3) is 3.84. The number of amides is 2. The lowest BCUT2D eigenvalue weighted by molar-refractivity contribution is -0.117. The molecule has 0 aromatic heterocycles. The van der Waals surface area contributed by atoms with E-state index >= 15 is 0 Å². The number of benzene rings is 3. The Bertz CT molecular complexity index is 1100. The van der Waals surface area contributed by atoms with Gasteiger partial charge in [-0.15, -0.1) is 0 Å². The highest BCUT2D eigenvalue weighted by molar-refractivity contribution is 6.30. The SMILES string of the molecule is O=C1CN(C(=O)c2cccc(F)c2)[C@@H](c2ccc(F)cc2)c2cc(Cl)ccc2N1. The maximum atomic E-state index is 13.7. The molecule has 0 saturated heterocycles. The first-order chi connectivity index (χ1) is 13.9. The Labute approximate surface area is 170 Å². The molecule has 1 aliphatic heterocycles. The second-order valence-corrected chi connectivity index (χ2v) is 7.11. The molecule has 4 nitrogen and oxygen atoms in total. The van der Waals surface area contributed by atoms with Crippen molar-refractivity contribution in [2.24, 2.45) is 0 Å². The van der Waals surface area contributed by atoms with E-state index in [0.717, 1.165) is 6.07 Å². The van der Waals surface area contributed by atoms with Crippen molar-refractivity contribution in [3.63, 3.8) is 0 Å². The van der Waals surface area contributed by atoms with E-state index in [0.29, 0.717) is 21.8 Å². The van der Waals surface area contributed by atoms with Gasteiger partial charge in [0.15, 0.2) is 0 Å². The van der Waals surface area contributed by atoms with E-state index in [1.54, 1.807) is 30.3 Å². The maximum Gasteiger partial charge on any atom is 0.255 e. The van der Waals surface area contributed by atoms with E-state index in [1.807, 2.05) is 0 Å². The molecule has 1 heterocycles. The highest BCUT2D eigenvalue weighted by atomic mass is 35.5. The Morgan fingerprint density at radius 3 is 2.48 bits per heavy atom. The molecule has 0 radical (unpaired) electrons. The minimum atomic E-state index is -0.723. The highest BCUT2D eigenvalue weighted by Crippen LogP contribution is 2.38. The molecule has 3 aromatic rings. The summed E-state index contributed by atoms with van der Waals surface area (Å²) in [6.45, 7) is -0.260. The molecule has 3 aromatic carbocycles. The summed E-state index contributed by atoms with van der Waals surface area (Å²) in [5.41, 5.74) is 1.79. The molecule has 0 spiro atoms. The van der Waals surface area contributed by atoms with Gasteiger partial charge in [0.1, 0.15) is 18.2 Å². The molecule has 0 unspecified atom stereocenters. The molecular weight excluding hydrogens is 398 g/mol. The van der Waals surface area contributed by atoms with E-state index in [2.05, 4.69) is 5.32 Å². The number of rotatable bonds is 2. The molecule has 29 heavy (non-hydrogen) atoms. The molecule has 146 valence electrons. The van der Waals surface area contributed by atoms with Crippen LogP contribution in [0.1, 0.15) is 27.5 Å². The van der Waals surface area contributed by atoms with Crippen LogP contribution in [-0.4, -0.2) is 23.3 Å². The predicted molar refractivity (Wildman–Crippen MR) is 106 cm³/mol. The zero-order chi connectivity index (χ0) is 20.5. The minimum absolute atomic E-state index is 0.107. The monoisotopic (exact) mass is 412 g/mol. The molecule has 1 atom stereocenters. The summed E-state index contributed by atoms with van der Waals surface area (Å²) in [5, 5.41) is 3.19. The fourth-order valence-electron chi connectivity index (χ4n) is 3.46. The largest absolute Gasteiger partial charge is 0.324 e. The van der Waals surface area contributed by atoms with Crippen molar-refractivity contribution in [1.29, 1.82) is 0 Å². The van der Waals surface area contributed by atoms with Crippen LogP contribution in [0.4, 0.5) is 14.5 Å². The van der Waals surface area contributed by atoms with E-state index in [1.165, 1.54) is 35.2 Å². The van der Waals surface area contributed by atoms with E-state index in [-0.39, 0.29) is 12.1 Å². The molecule has 4 rings (SSSR count). The quantitative estimate of drug-likeness (QED) is 0.657. The second-order valence-electron chi connectivity index (χ2n) is 6.68. The summed E-state index contributed by atoms with van der Waals surface area (Å²) < 4.78 is 27.2. The summed E-state index contributed by atoms with van der Waals surface area (Å²) in [7, 11) is 0. The third-order valence-electron chi connectivity index (χ3n) is 4.73. The number of hydrogen-bond donors (Lipinski definition) is 1. The van der Waals surface area contributed by atoms with Crippen LogP contribution in [0.2, 0.25) is 5.02 Å². The van der Waals surface area contributed by atoms with Gasteiger partial charge in [0.25, 0.3) is 5.91 Å². The highest BCUT2D eigenvalue weighted by Gasteiger charge is 2.34. The molecule has 7 heteroatoms. The average Bonchev–Trinajstić information content (AvgIpc) is 2.84. The first-order valence-corrected chi connectivity index (χ1v) is 9.21. The number of hydrogen-bond acceptors (Lipinski definition) is 2. The number of nitrogens with one attached hydrogen (secondary N) is 1. The van der Waals surface area contributed by atoms with Gasteiger partial charge in [0.05, 0.1) is 6.04 Å². The first-order valence-electron chi connectivity index (χ1n) is 8.83. The first kappa shape index (κ1) is 19.1. The molecule has 1 aliphatic rings. The van der Waals surface area contributed by atoms with Gasteiger partial charge in [-0.25, -0.2) is 8.78 Å². The molecular formula is C22H15ClF2N2O2. The van der Waals surface area contributed by atoms with Crippen LogP contribution in [-0.2, 0) is 4.79 Å². The topological polar surface area (TPSA) is 49.4 Å². The van der Waals surface area contributed by atoms with Crippen LogP contribution in [0.15, 0.2) is 66.7 Å². The predicted octanol–water partition coefficient (Wildman–Crippen LogP) is 4.80. The molecule has 0 bridgehead atoms. The van der Waals surface area contributed by atoms with Crippen molar-refractivity contribution in [1.82, 2.24) is 4.90 Å². The van der Waals surface area contributed by atoms with Gasteiger partial charge in [-0.1, -0.05) is 29.8 Å². The van der Waals surface area contributed by atoms with Gasteiger partial charge in [-0.2, -0.15) is 0 Å². The van der Waals surface area contributed by atoms with Gasteiger partial charge in [0.2, 0.25) is 5.91 Å². The van der Waals surface area contributed by atoms with Crippen LogP contribution in [0, 0.1) is 11.6 Å². The third-order valence-corrected chi connectivity index (χ3v) is 4.96. The maximum absolute atomic E-state index is 13.7. The van der Waals surface area contributed by atoms with E-state index in [4.69, 9.17) is 11.6 Å². The fourth-order valence-corrected chi connectivity index (χ4v) is 3.64. The normalized spacial score (nSPS) is 16.0. The Balaban J connectivity index is 1.90. The van der Waals surface area contributed by atoms with E-state index < -0.39 is 29.5 Å². The lowest BCUT2D eigenvalue weighted by atomic mass is 9.95. The standard InChI is InChI=1S/C22H15ClF2N2O2/c23-15-6-9-19-18(11-15)21(13-4-7-16(24)8-5-13)27(12-20(28)26-19)22(29)14-2-1-3-17(25)10-14/h1-11,21H,12H2,(H,26,28)/t21-/m0/s1. The van der Waals surface area contributed by atoms with Crippen molar-refractivity contribution >= 4 is 29.1 Å². The van der Waals surface area contributed by atoms with Crippen molar-refractivity contribution in [3.05, 3.63) is 100 Å². The van der Waals surface area contributed by atoms with Gasteiger partial charge >= 0.3 is 0 Å². The Morgan fingerprint density at radius 2 is 1.76 bits per heavy atom. The summed E-state index contributed by atoms with van der Waals surface area (Å²) in [6.07, 6.45) is 0. The van der Waals surface area contributed by atoms with Crippen LogP contribution < -0.4 is 5.32 Å². The van der Waals surface area contributed by atoms with Gasteiger partial charge in [-0.05, 0) is 54.1 Å². The average molecular weight is 413 g/mol. The zero-order valence-corrected chi connectivity index (χ0v) is 15.8. The smallest absolute Gasteiger partial charge is 0.255 e. The minimum Gasteiger partial charge on any atom is -0.324 e.